The zero-order valence-electron chi connectivity index (χ0n) is 24.4. The molecule has 1 aliphatic heterocycles. The predicted molar refractivity (Wildman–Crippen MR) is 158 cm³/mol. The van der Waals surface area contributed by atoms with Crippen LogP contribution in [0.4, 0.5) is 13.2 Å². The van der Waals surface area contributed by atoms with Gasteiger partial charge in [-0.3, -0.25) is 9.59 Å². The zero-order chi connectivity index (χ0) is 33.3. The average Bonchev–Trinajstić information content (AvgIpc) is 3.81. The quantitative estimate of drug-likeness (QED) is 0.219. The van der Waals surface area contributed by atoms with E-state index in [0.29, 0.717) is 33.1 Å². The number of rotatable bonds is 9. The van der Waals surface area contributed by atoms with Gasteiger partial charge in [-0.1, -0.05) is 29.8 Å². The Morgan fingerprint density at radius 2 is 1.85 bits per heavy atom. The third kappa shape index (κ3) is 6.63. The summed E-state index contributed by atoms with van der Waals surface area (Å²) in [6.07, 6.45) is -5.07. The number of para-hydroxylation sites is 1. The molecule has 0 unspecified atom stereocenters. The fourth-order valence-electron chi connectivity index (χ4n) is 4.98. The molecule has 0 atom stereocenters. The van der Waals surface area contributed by atoms with Gasteiger partial charge in [0.15, 0.2) is 17.3 Å². The molecular formula is C31H22ClF3N8O4. The lowest BCUT2D eigenvalue weighted by atomic mass is 9.93. The third-order valence-electron chi connectivity index (χ3n) is 7.21. The standard InChI is InChI=1S/C31H22ClF3N8O4/c1-17-8-19(13-36)9-22(29(45)37-14-18-6-7-27-28(10-18)47-16-46-27)21(17)12-26(44)25-11-20(15-42-40-30(38-41-42)31(33,34)35)39-43(25)24-5-3-2-4-23(24)32/h2-11H,12,14-16H2,1H3,(H,37,45). The number of tetrazole rings is 1. The minimum Gasteiger partial charge on any atom is -0.454 e. The Hall–Kier alpha value is -5.75. The molecule has 12 nitrogen and oxygen atoms in total. The van der Waals surface area contributed by atoms with Gasteiger partial charge in [-0.25, -0.2) is 4.68 Å². The first-order valence-corrected chi connectivity index (χ1v) is 14.3. The topological polar surface area (TPSA) is 150 Å². The Morgan fingerprint density at radius 3 is 2.60 bits per heavy atom. The van der Waals surface area contributed by atoms with Crippen LogP contribution < -0.4 is 14.8 Å². The number of benzene rings is 3. The zero-order valence-corrected chi connectivity index (χ0v) is 25.1. The van der Waals surface area contributed by atoms with E-state index in [1.165, 1.54) is 16.8 Å². The number of ether oxygens (including phenoxy) is 2. The summed E-state index contributed by atoms with van der Waals surface area (Å²) in [6, 6.07) is 18.2. The molecule has 5 aromatic rings. The summed E-state index contributed by atoms with van der Waals surface area (Å²) in [5, 5.41) is 27.0. The number of aromatic nitrogens is 6. The highest BCUT2D eigenvalue weighted by Crippen LogP contribution is 2.32. The second-order valence-electron chi connectivity index (χ2n) is 10.4. The molecule has 0 radical (unpaired) electrons. The number of nitrogens with one attached hydrogen (secondary N) is 1. The minimum absolute atomic E-state index is 0.0414. The summed E-state index contributed by atoms with van der Waals surface area (Å²) in [7, 11) is 0. The van der Waals surface area contributed by atoms with Crippen molar-refractivity contribution in [1.82, 2.24) is 35.3 Å². The average molecular weight is 663 g/mol. The molecule has 0 bridgehead atoms. The Bertz CT molecular complexity index is 2070. The summed E-state index contributed by atoms with van der Waals surface area (Å²) in [5.74, 6) is -1.26. The highest BCUT2D eigenvalue weighted by atomic mass is 35.5. The van der Waals surface area contributed by atoms with E-state index < -0.39 is 23.7 Å². The summed E-state index contributed by atoms with van der Waals surface area (Å²) in [4.78, 5) is 28.2. The van der Waals surface area contributed by atoms with Gasteiger partial charge in [0, 0.05) is 18.5 Å². The minimum atomic E-state index is -4.79. The van der Waals surface area contributed by atoms with Gasteiger partial charge < -0.3 is 14.8 Å². The predicted octanol–water partition coefficient (Wildman–Crippen LogP) is 4.84. The van der Waals surface area contributed by atoms with Crippen LogP contribution in [0, 0.1) is 18.3 Å². The molecule has 1 amide bonds. The molecule has 3 aromatic carbocycles. The molecule has 0 aliphatic carbocycles. The number of amides is 1. The van der Waals surface area contributed by atoms with Crippen LogP contribution in [-0.2, 0) is 25.7 Å². The molecular weight excluding hydrogens is 641 g/mol. The van der Waals surface area contributed by atoms with Crippen molar-refractivity contribution in [3.05, 3.63) is 111 Å². The smallest absolute Gasteiger partial charge is 0.454 e. The second kappa shape index (κ2) is 12.6. The van der Waals surface area contributed by atoms with Gasteiger partial charge in [-0.2, -0.15) is 28.3 Å². The van der Waals surface area contributed by atoms with Crippen molar-refractivity contribution in [2.24, 2.45) is 0 Å². The lowest BCUT2D eigenvalue weighted by molar-refractivity contribution is -0.145. The molecule has 3 heterocycles. The summed E-state index contributed by atoms with van der Waals surface area (Å²) < 4.78 is 51.1. The first-order chi connectivity index (χ1) is 22.5. The van der Waals surface area contributed by atoms with E-state index in [1.807, 2.05) is 6.07 Å². The Kier molecular flexibility index (Phi) is 8.35. The van der Waals surface area contributed by atoms with E-state index in [0.717, 1.165) is 5.56 Å². The van der Waals surface area contributed by atoms with Crippen LogP contribution in [0.2, 0.25) is 5.02 Å². The fourth-order valence-corrected chi connectivity index (χ4v) is 5.20. The number of nitriles is 1. The number of aryl methyl sites for hydroxylation is 1. The number of halogens is 4. The number of fused-ring (bicyclic) bond motifs is 1. The molecule has 0 fully saturated rings. The maximum atomic E-state index is 14.0. The van der Waals surface area contributed by atoms with Gasteiger partial charge in [0.25, 0.3) is 11.7 Å². The van der Waals surface area contributed by atoms with Gasteiger partial charge in [0.05, 0.1) is 28.0 Å². The van der Waals surface area contributed by atoms with Crippen molar-refractivity contribution in [3.8, 4) is 23.3 Å². The van der Waals surface area contributed by atoms with Gasteiger partial charge in [-0.05, 0) is 71.3 Å². The number of carbonyl (C=O) groups excluding carboxylic acids is 2. The maximum absolute atomic E-state index is 14.0. The number of carbonyl (C=O) groups is 2. The van der Waals surface area contributed by atoms with Gasteiger partial charge in [0.1, 0.15) is 12.2 Å². The highest BCUT2D eigenvalue weighted by Gasteiger charge is 2.37. The van der Waals surface area contributed by atoms with E-state index >= 15 is 0 Å². The number of hydrogen-bond donors (Lipinski definition) is 1. The Morgan fingerprint density at radius 1 is 1.06 bits per heavy atom. The van der Waals surface area contributed by atoms with Crippen LogP contribution >= 0.6 is 11.6 Å². The first kappa shape index (κ1) is 31.2. The van der Waals surface area contributed by atoms with Crippen LogP contribution in [-0.4, -0.2) is 48.5 Å². The third-order valence-corrected chi connectivity index (χ3v) is 7.53. The molecule has 0 saturated heterocycles. The second-order valence-corrected chi connectivity index (χ2v) is 10.8. The summed E-state index contributed by atoms with van der Waals surface area (Å²) >= 11 is 6.43. The molecule has 47 heavy (non-hydrogen) atoms. The van der Waals surface area contributed by atoms with Crippen LogP contribution in [0.1, 0.15) is 54.6 Å². The molecule has 1 N–H and O–H groups in total. The van der Waals surface area contributed by atoms with Crippen LogP contribution in [0.15, 0.2) is 60.7 Å². The molecule has 0 spiro atoms. The summed E-state index contributed by atoms with van der Waals surface area (Å²) in [5.41, 5.74) is 2.54. The maximum Gasteiger partial charge on any atom is 0.455 e. The fraction of sp³-hybridized carbons (Fsp3) is 0.194. The monoisotopic (exact) mass is 662 g/mol. The van der Waals surface area contributed by atoms with Crippen LogP contribution in [0.5, 0.6) is 11.5 Å². The van der Waals surface area contributed by atoms with E-state index in [9.17, 15) is 28.0 Å². The van der Waals surface area contributed by atoms with Crippen molar-refractivity contribution in [2.45, 2.75) is 32.6 Å². The normalized spacial score (nSPS) is 12.2. The van der Waals surface area contributed by atoms with Crippen molar-refractivity contribution in [3.63, 3.8) is 0 Å². The van der Waals surface area contributed by atoms with Crippen molar-refractivity contribution < 1.29 is 32.2 Å². The summed E-state index contributed by atoms with van der Waals surface area (Å²) in [6.45, 7) is 1.59. The molecule has 2 aromatic heterocycles. The lowest BCUT2D eigenvalue weighted by Gasteiger charge is -2.14. The molecule has 1 aliphatic rings. The number of alkyl halides is 3. The van der Waals surface area contributed by atoms with Gasteiger partial charge in [0.2, 0.25) is 6.79 Å². The van der Waals surface area contributed by atoms with Crippen LogP contribution in [0.25, 0.3) is 5.69 Å². The number of nitrogens with zero attached hydrogens (tertiary/aromatic N) is 7. The Labute approximate surface area is 269 Å². The van der Waals surface area contributed by atoms with Gasteiger partial charge >= 0.3 is 6.18 Å². The first-order valence-electron chi connectivity index (χ1n) is 13.9. The van der Waals surface area contributed by atoms with E-state index in [-0.39, 0.29) is 53.8 Å². The van der Waals surface area contributed by atoms with Gasteiger partial charge in [-0.15, -0.1) is 10.2 Å². The van der Waals surface area contributed by atoms with E-state index in [2.05, 4.69) is 25.8 Å². The van der Waals surface area contributed by atoms with Crippen molar-refractivity contribution in [1.29, 1.82) is 5.26 Å². The van der Waals surface area contributed by atoms with E-state index in [1.54, 1.807) is 55.5 Å². The van der Waals surface area contributed by atoms with E-state index in [4.69, 9.17) is 21.1 Å². The molecule has 16 heteroatoms. The number of Topliss-reactive ketones (excluding diaryl/α,β-unsaturated/α-hetero) is 1. The molecule has 6 rings (SSSR count). The van der Waals surface area contributed by atoms with Crippen LogP contribution in [0.3, 0.4) is 0 Å². The number of hydrogen-bond acceptors (Lipinski definition) is 9. The Balaban J connectivity index is 1.31. The van der Waals surface area contributed by atoms with Crippen molar-refractivity contribution in [2.75, 3.05) is 6.79 Å². The van der Waals surface area contributed by atoms with Crippen molar-refractivity contribution >= 4 is 23.3 Å². The molecule has 238 valence electrons. The SMILES string of the molecule is Cc1cc(C#N)cc(C(=O)NCc2ccc3c(c2)OCO3)c1CC(=O)c1cc(Cn2nnc(C(F)(F)F)n2)nn1-c1ccccc1Cl. The highest BCUT2D eigenvalue weighted by molar-refractivity contribution is 6.32. The molecule has 0 saturated carbocycles. The number of ketones is 1. The lowest BCUT2D eigenvalue weighted by Crippen LogP contribution is -2.25. The largest absolute Gasteiger partial charge is 0.455 e.